The average molecular weight is 259 g/mol. The summed E-state index contributed by atoms with van der Waals surface area (Å²) in [6.07, 6.45) is 4.32. The molecule has 78 valence electrons. The van der Waals surface area contributed by atoms with Gasteiger partial charge in [0.1, 0.15) is 12.7 Å². The quantitative estimate of drug-likeness (QED) is 0.843. The van der Waals surface area contributed by atoms with Gasteiger partial charge in [0.05, 0.1) is 0 Å². The zero-order chi connectivity index (χ0) is 10.4. The molecule has 0 saturated heterocycles. The van der Waals surface area contributed by atoms with Crippen LogP contribution in [0.1, 0.15) is 13.3 Å². The van der Waals surface area contributed by atoms with E-state index >= 15 is 0 Å². The smallest absolute Gasteiger partial charge is 0.137 e. The summed E-state index contributed by atoms with van der Waals surface area (Å²) in [6.45, 7) is 7.61. The second-order valence-corrected chi connectivity index (χ2v) is 4.37. The van der Waals surface area contributed by atoms with Crippen LogP contribution in [-0.2, 0) is 6.54 Å². The van der Waals surface area contributed by atoms with Crippen LogP contribution in [0.5, 0.6) is 0 Å². The lowest BCUT2D eigenvalue weighted by Crippen LogP contribution is -2.28. The van der Waals surface area contributed by atoms with E-state index in [1.54, 1.807) is 12.7 Å². The maximum absolute atomic E-state index is 4.03. The Morgan fingerprint density at radius 1 is 1.71 bits per heavy atom. The summed E-state index contributed by atoms with van der Waals surface area (Å²) in [5.41, 5.74) is 0. The summed E-state index contributed by atoms with van der Waals surface area (Å²) >= 11 is 3.31. The minimum atomic E-state index is 0.452. The number of hydrogen-bond acceptors (Lipinski definition) is 3. The van der Waals surface area contributed by atoms with E-state index in [2.05, 4.69) is 44.8 Å². The molecule has 0 saturated carbocycles. The lowest BCUT2D eigenvalue weighted by molar-refractivity contribution is 0.473. The molecule has 4 nitrogen and oxygen atoms in total. The third-order valence-corrected chi connectivity index (χ3v) is 2.18. The van der Waals surface area contributed by atoms with Gasteiger partial charge in [-0.1, -0.05) is 22.5 Å². The highest BCUT2D eigenvalue weighted by atomic mass is 79.9. The molecule has 0 aliphatic heterocycles. The largest absolute Gasteiger partial charge is 0.310 e. The molecule has 1 aromatic rings. The molecular weight excluding hydrogens is 244 g/mol. The van der Waals surface area contributed by atoms with Crippen LogP contribution in [0.3, 0.4) is 0 Å². The molecule has 0 aliphatic rings. The average Bonchev–Trinajstić information content (AvgIpc) is 2.63. The maximum atomic E-state index is 4.03. The van der Waals surface area contributed by atoms with Crippen LogP contribution in [0.25, 0.3) is 0 Å². The molecule has 0 spiro atoms. The van der Waals surface area contributed by atoms with Gasteiger partial charge in [-0.3, -0.25) is 4.68 Å². The van der Waals surface area contributed by atoms with Crippen molar-refractivity contribution in [3.63, 3.8) is 0 Å². The van der Waals surface area contributed by atoms with Crippen molar-refractivity contribution in [3.8, 4) is 0 Å². The molecule has 1 unspecified atom stereocenters. The first-order valence-electron chi connectivity index (χ1n) is 4.57. The lowest BCUT2D eigenvalue weighted by atomic mass is 10.2. The van der Waals surface area contributed by atoms with E-state index in [9.17, 15) is 0 Å². The predicted molar refractivity (Wildman–Crippen MR) is 60.2 cm³/mol. The molecule has 1 heterocycles. The summed E-state index contributed by atoms with van der Waals surface area (Å²) < 4.78 is 2.81. The van der Waals surface area contributed by atoms with E-state index < -0.39 is 0 Å². The van der Waals surface area contributed by atoms with Gasteiger partial charge in [0, 0.05) is 23.6 Å². The van der Waals surface area contributed by atoms with E-state index in [1.165, 1.54) is 0 Å². The normalized spacial score (nSPS) is 12.7. The molecule has 0 fully saturated rings. The van der Waals surface area contributed by atoms with E-state index in [1.807, 2.05) is 4.68 Å². The second-order valence-electron chi connectivity index (χ2n) is 3.25. The van der Waals surface area contributed by atoms with Crippen molar-refractivity contribution in [3.05, 3.63) is 23.7 Å². The molecule has 5 heteroatoms. The third-order valence-electron chi connectivity index (χ3n) is 1.90. The van der Waals surface area contributed by atoms with E-state index in [4.69, 9.17) is 0 Å². The number of halogens is 1. The molecule has 14 heavy (non-hydrogen) atoms. The molecule has 1 aromatic heterocycles. The maximum Gasteiger partial charge on any atom is 0.137 e. The van der Waals surface area contributed by atoms with Crippen molar-refractivity contribution in [1.82, 2.24) is 20.1 Å². The summed E-state index contributed by atoms with van der Waals surface area (Å²) in [6, 6.07) is 0.452. The fourth-order valence-electron chi connectivity index (χ4n) is 1.06. The highest BCUT2D eigenvalue weighted by molar-refractivity contribution is 9.11. The van der Waals surface area contributed by atoms with E-state index in [0.29, 0.717) is 6.04 Å². The first-order valence-corrected chi connectivity index (χ1v) is 5.37. The van der Waals surface area contributed by atoms with E-state index in [-0.39, 0.29) is 0 Å². The van der Waals surface area contributed by atoms with Crippen molar-refractivity contribution in [1.29, 1.82) is 0 Å². The van der Waals surface area contributed by atoms with Crippen molar-refractivity contribution in [2.45, 2.75) is 25.9 Å². The number of rotatable bonds is 6. The van der Waals surface area contributed by atoms with Gasteiger partial charge in [-0.2, -0.15) is 5.10 Å². The van der Waals surface area contributed by atoms with Gasteiger partial charge < -0.3 is 5.32 Å². The van der Waals surface area contributed by atoms with Crippen molar-refractivity contribution in [2.24, 2.45) is 0 Å². The van der Waals surface area contributed by atoms with Crippen LogP contribution in [0, 0.1) is 0 Å². The van der Waals surface area contributed by atoms with Gasteiger partial charge >= 0.3 is 0 Å². The van der Waals surface area contributed by atoms with Crippen molar-refractivity contribution < 1.29 is 0 Å². The fraction of sp³-hybridized carbons (Fsp3) is 0.556. The van der Waals surface area contributed by atoms with Crippen LogP contribution in [0.4, 0.5) is 0 Å². The van der Waals surface area contributed by atoms with Gasteiger partial charge in [0.15, 0.2) is 0 Å². The molecular formula is C9H15BrN4. The SMILES string of the molecule is C=C(Br)CNC(C)CCn1cncn1. The first-order chi connectivity index (χ1) is 6.68. The van der Waals surface area contributed by atoms with Crippen LogP contribution in [0.15, 0.2) is 23.7 Å². The Hall–Kier alpha value is -0.680. The lowest BCUT2D eigenvalue weighted by Gasteiger charge is -2.12. The monoisotopic (exact) mass is 258 g/mol. The van der Waals surface area contributed by atoms with Crippen LogP contribution in [0.2, 0.25) is 0 Å². The zero-order valence-electron chi connectivity index (χ0n) is 8.28. The van der Waals surface area contributed by atoms with Gasteiger partial charge in [0.25, 0.3) is 0 Å². The molecule has 1 N–H and O–H groups in total. The molecule has 1 atom stereocenters. The highest BCUT2D eigenvalue weighted by Gasteiger charge is 2.01. The van der Waals surface area contributed by atoms with Crippen molar-refractivity contribution >= 4 is 15.9 Å². The Morgan fingerprint density at radius 3 is 3.07 bits per heavy atom. The second kappa shape index (κ2) is 5.93. The molecule has 0 amide bonds. The number of nitrogens with zero attached hydrogens (tertiary/aromatic N) is 3. The number of aryl methyl sites for hydroxylation is 1. The van der Waals surface area contributed by atoms with Crippen LogP contribution >= 0.6 is 15.9 Å². The standard InChI is InChI=1S/C9H15BrN4/c1-8(10)5-12-9(2)3-4-14-7-11-6-13-14/h6-7,9,12H,1,3-5H2,2H3. The minimum Gasteiger partial charge on any atom is -0.310 e. The Balaban J connectivity index is 2.15. The summed E-state index contributed by atoms with van der Waals surface area (Å²) in [7, 11) is 0. The van der Waals surface area contributed by atoms with E-state index in [0.717, 1.165) is 24.0 Å². The molecule has 0 bridgehead atoms. The van der Waals surface area contributed by atoms with Crippen LogP contribution < -0.4 is 5.32 Å². The summed E-state index contributed by atoms with van der Waals surface area (Å²) in [4.78, 5) is 3.88. The van der Waals surface area contributed by atoms with Crippen LogP contribution in [-0.4, -0.2) is 27.4 Å². The Morgan fingerprint density at radius 2 is 2.50 bits per heavy atom. The van der Waals surface area contributed by atoms with Gasteiger partial charge in [-0.15, -0.1) is 0 Å². The predicted octanol–water partition coefficient (Wildman–Crippen LogP) is 1.55. The fourth-order valence-corrected chi connectivity index (χ4v) is 1.22. The third kappa shape index (κ3) is 4.53. The number of aromatic nitrogens is 3. The first kappa shape index (κ1) is 11.4. The number of nitrogens with one attached hydrogen (secondary N) is 1. The van der Waals surface area contributed by atoms with Gasteiger partial charge in [-0.25, -0.2) is 4.98 Å². The Bertz CT molecular complexity index is 270. The van der Waals surface area contributed by atoms with Crippen molar-refractivity contribution in [2.75, 3.05) is 6.54 Å². The topological polar surface area (TPSA) is 42.7 Å². The number of hydrogen-bond donors (Lipinski definition) is 1. The molecule has 1 rings (SSSR count). The van der Waals surface area contributed by atoms with Gasteiger partial charge in [-0.05, 0) is 13.3 Å². The molecule has 0 aliphatic carbocycles. The molecule has 0 aromatic carbocycles. The van der Waals surface area contributed by atoms with Gasteiger partial charge in [0.2, 0.25) is 0 Å². The summed E-state index contributed by atoms with van der Waals surface area (Å²) in [5, 5.41) is 7.37. The Kier molecular flexibility index (Phi) is 4.82. The Labute approximate surface area is 92.5 Å². The molecule has 0 radical (unpaired) electrons. The highest BCUT2D eigenvalue weighted by Crippen LogP contribution is 2.00. The summed E-state index contributed by atoms with van der Waals surface area (Å²) in [5.74, 6) is 0. The minimum absolute atomic E-state index is 0.452. The zero-order valence-corrected chi connectivity index (χ0v) is 9.87.